The van der Waals surface area contributed by atoms with E-state index in [1.807, 2.05) is 30.5 Å². The highest BCUT2D eigenvalue weighted by molar-refractivity contribution is 5.91. The second kappa shape index (κ2) is 5.16. The zero-order valence-electron chi connectivity index (χ0n) is 12.3. The molecule has 1 aromatic heterocycles. The molecule has 0 bridgehead atoms. The number of aromatic amines is 1. The molecule has 4 rings (SSSR count). The Balaban J connectivity index is 1.56. The number of nitrogens with zero attached hydrogens (tertiary/aromatic N) is 1. The third kappa shape index (κ3) is 2.36. The minimum Gasteiger partial charge on any atom is -0.361 e. The van der Waals surface area contributed by atoms with Gasteiger partial charge in [-0.15, -0.1) is 0 Å². The topological polar surface area (TPSA) is 65.2 Å². The first-order chi connectivity index (χ1) is 10.7. The third-order valence-corrected chi connectivity index (χ3v) is 4.57. The van der Waals surface area contributed by atoms with Crippen molar-refractivity contribution in [3.05, 3.63) is 36.0 Å². The molecule has 1 aliphatic carbocycles. The number of hydrogen-bond acceptors (Lipinski definition) is 2. The molecule has 1 saturated heterocycles. The fraction of sp³-hybridized carbons (Fsp3) is 0.412. The Labute approximate surface area is 128 Å². The summed E-state index contributed by atoms with van der Waals surface area (Å²) in [5, 5.41) is 4.14. The first-order valence-corrected chi connectivity index (χ1v) is 7.87. The zero-order valence-corrected chi connectivity index (χ0v) is 12.3. The number of hydrogen-bond donors (Lipinski definition) is 2. The number of nitrogens with one attached hydrogen (secondary N) is 2. The Kier molecular flexibility index (Phi) is 3.13. The van der Waals surface area contributed by atoms with E-state index in [0.717, 1.165) is 29.3 Å². The number of rotatable bonds is 4. The van der Waals surface area contributed by atoms with Crippen molar-refractivity contribution in [2.75, 3.05) is 0 Å². The minimum absolute atomic E-state index is 0.00758. The molecule has 5 heteroatoms. The van der Waals surface area contributed by atoms with Gasteiger partial charge in [-0.2, -0.15) is 0 Å². The van der Waals surface area contributed by atoms with E-state index >= 15 is 0 Å². The smallest absolute Gasteiger partial charge is 0.243 e. The molecule has 1 saturated carbocycles. The molecule has 1 aromatic carbocycles. The van der Waals surface area contributed by atoms with E-state index in [9.17, 15) is 9.59 Å². The number of amides is 2. The van der Waals surface area contributed by atoms with Crippen LogP contribution in [0.4, 0.5) is 0 Å². The summed E-state index contributed by atoms with van der Waals surface area (Å²) >= 11 is 0. The van der Waals surface area contributed by atoms with E-state index in [2.05, 4.69) is 10.3 Å². The lowest BCUT2D eigenvalue weighted by molar-refractivity contribution is -0.135. The van der Waals surface area contributed by atoms with Gasteiger partial charge in [-0.3, -0.25) is 9.59 Å². The monoisotopic (exact) mass is 297 g/mol. The zero-order chi connectivity index (χ0) is 15.1. The van der Waals surface area contributed by atoms with E-state index in [1.165, 1.54) is 0 Å². The molecule has 2 fully saturated rings. The first kappa shape index (κ1) is 13.4. The van der Waals surface area contributed by atoms with Crippen molar-refractivity contribution in [2.45, 2.75) is 44.3 Å². The average Bonchev–Trinajstić information content (AvgIpc) is 3.13. The Bertz CT molecular complexity index is 732. The number of fused-ring (bicyclic) bond motifs is 1. The van der Waals surface area contributed by atoms with Gasteiger partial charge in [0.2, 0.25) is 11.8 Å². The van der Waals surface area contributed by atoms with Gasteiger partial charge in [-0.1, -0.05) is 18.2 Å². The van der Waals surface area contributed by atoms with Crippen molar-refractivity contribution in [1.82, 2.24) is 15.2 Å². The first-order valence-electron chi connectivity index (χ1n) is 7.87. The Morgan fingerprint density at radius 2 is 2.09 bits per heavy atom. The maximum absolute atomic E-state index is 12.3. The van der Waals surface area contributed by atoms with Crippen LogP contribution in [0.5, 0.6) is 0 Å². The largest absolute Gasteiger partial charge is 0.361 e. The second-order valence-corrected chi connectivity index (χ2v) is 6.22. The van der Waals surface area contributed by atoms with Gasteiger partial charge >= 0.3 is 0 Å². The van der Waals surface area contributed by atoms with Crippen LogP contribution < -0.4 is 5.32 Å². The number of likely N-dealkylation sites (tertiary alicyclic amines) is 1. The third-order valence-electron chi connectivity index (χ3n) is 4.57. The fourth-order valence-electron chi connectivity index (χ4n) is 3.18. The minimum atomic E-state index is -0.318. The van der Waals surface area contributed by atoms with Crippen molar-refractivity contribution in [3.8, 4) is 0 Å². The SMILES string of the molecule is O=C(NC1CC1)[C@@H]1CCC(=O)N1Cc1c[nH]c2ccccc12. The summed E-state index contributed by atoms with van der Waals surface area (Å²) in [6.07, 6.45) is 5.15. The molecule has 2 aliphatic rings. The van der Waals surface area contributed by atoms with Crippen molar-refractivity contribution in [3.63, 3.8) is 0 Å². The molecular weight excluding hydrogens is 278 g/mol. The lowest BCUT2D eigenvalue weighted by Crippen LogP contribution is -2.45. The molecule has 2 aromatic rings. The van der Waals surface area contributed by atoms with E-state index in [4.69, 9.17) is 0 Å². The van der Waals surface area contributed by atoms with Crippen LogP contribution >= 0.6 is 0 Å². The number of H-pyrrole nitrogens is 1. The Hall–Kier alpha value is -2.30. The average molecular weight is 297 g/mol. The van der Waals surface area contributed by atoms with Crippen LogP contribution in [-0.2, 0) is 16.1 Å². The van der Waals surface area contributed by atoms with Crippen LogP contribution in [0.2, 0.25) is 0 Å². The molecule has 1 atom stereocenters. The van der Waals surface area contributed by atoms with Gasteiger partial charge in [-0.05, 0) is 30.9 Å². The van der Waals surface area contributed by atoms with Crippen LogP contribution in [0.3, 0.4) is 0 Å². The second-order valence-electron chi connectivity index (χ2n) is 6.22. The fourth-order valence-corrected chi connectivity index (χ4v) is 3.18. The summed E-state index contributed by atoms with van der Waals surface area (Å²) in [7, 11) is 0. The highest BCUT2D eigenvalue weighted by Gasteiger charge is 2.38. The quantitative estimate of drug-likeness (QED) is 0.905. The lowest BCUT2D eigenvalue weighted by atomic mass is 10.1. The van der Waals surface area contributed by atoms with E-state index in [-0.39, 0.29) is 17.9 Å². The summed E-state index contributed by atoms with van der Waals surface area (Å²) < 4.78 is 0. The Morgan fingerprint density at radius 1 is 1.27 bits per heavy atom. The standard InChI is InChI=1S/C17H19N3O2/c21-16-8-7-15(17(22)19-12-5-6-12)20(16)10-11-9-18-14-4-2-1-3-13(11)14/h1-4,9,12,15,18H,5-8,10H2,(H,19,22)/t15-/m0/s1. The van der Waals surface area contributed by atoms with Gasteiger partial charge in [0.05, 0.1) is 0 Å². The molecule has 0 spiro atoms. The molecule has 0 radical (unpaired) electrons. The number of para-hydroxylation sites is 1. The molecule has 2 N–H and O–H groups in total. The van der Waals surface area contributed by atoms with Gasteiger partial charge in [0, 0.05) is 36.1 Å². The van der Waals surface area contributed by atoms with E-state index in [1.54, 1.807) is 4.90 Å². The van der Waals surface area contributed by atoms with Crippen molar-refractivity contribution in [2.24, 2.45) is 0 Å². The normalized spacial score (nSPS) is 21.5. The predicted molar refractivity (Wildman–Crippen MR) is 83.0 cm³/mol. The van der Waals surface area contributed by atoms with Gasteiger partial charge < -0.3 is 15.2 Å². The molecule has 22 heavy (non-hydrogen) atoms. The maximum Gasteiger partial charge on any atom is 0.243 e. The van der Waals surface area contributed by atoms with Crippen LogP contribution in [0, 0.1) is 0 Å². The van der Waals surface area contributed by atoms with Crippen molar-refractivity contribution < 1.29 is 9.59 Å². The predicted octanol–water partition coefficient (Wildman–Crippen LogP) is 1.94. The van der Waals surface area contributed by atoms with Gasteiger partial charge in [0.25, 0.3) is 0 Å². The van der Waals surface area contributed by atoms with E-state index < -0.39 is 0 Å². The molecule has 2 heterocycles. The molecule has 1 aliphatic heterocycles. The highest BCUT2D eigenvalue weighted by atomic mass is 16.2. The molecule has 2 amide bonds. The summed E-state index contributed by atoms with van der Waals surface area (Å²) in [5.74, 6) is 0.0782. The van der Waals surface area contributed by atoms with E-state index in [0.29, 0.717) is 25.4 Å². The van der Waals surface area contributed by atoms with Gasteiger partial charge in [0.15, 0.2) is 0 Å². The summed E-state index contributed by atoms with van der Waals surface area (Å²) in [5.41, 5.74) is 2.12. The van der Waals surface area contributed by atoms with Crippen molar-refractivity contribution >= 4 is 22.7 Å². The Morgan fingerprint density at radius 3 is 2.91 bits per heavy atom. The molecule has 5 nitrogen and oxygen atoms in total. The number of aromatic nitrogens is 1. The highest BCUT2D eigenvalue weighted by Crippen LogP contribution is 2.26. The van der Waals surface area contributed by atoms with Crippen molar-refractivity contribution in [1.29, 1.82) is 0 Å². The summed E-state index contributed by atoms with van der Waals surface area (Å²) in [6, 6.07) is 8.04. The molecule has 114 valence electrons. The molecular formula is C17H19N3O2. The molecule has 0 unspecified atom stereocenters. The van der Waals surface area contributed by atoms with Crippen LogP contribution in [0.15, 0.2) is 30.5 Å². The summed E-state index contributed by atoms with van der Waals surface area (Å²) in [6.45, 7) is 0.492. The van der Waals surface area contributed by atoms with Crippen LogP contribution in [-0.4, -0.2) is 33.8 Å². The number of carbonyl (C=O) groups excluding carboxylic acids is 2. The maximum atomic E-state index is 12.3. The lowest BCUT2D eigenvalue weighted by Gasteiger charge is -2.24. The van der Waals surface area contributed by atoms with Crippen LogP contribution in [0.25, 0.3) is 10.9 Å². The van der Waals surface area contributed by atoms with Gasteiger partial charge in [-0.25, -0.2) is 0 Å². The van der Waals surface area contributed by atoms with Gasteiger partial charge in [0.1, 0.15) is 6.04 Å². The number of carbonyl (C=O) groups is 2. The number of benzene rings is 1. The van der Waals surface area contributed by atoms with Crippen LogP contribution in [0.1, 0.15) is 31.2 Å². The summed E-state index contributed by atoms with van der Waals surface area (Å²) in [4.78, 5) is 29.5.